The summed E-state index contributed by atoms with van der Waals surface area (Å²) in [7, 11) is 1.53. The van der Waals surface area contributed by atoms with Gasteiger partial charge < -0.3 is 14.8 Å². The van der Waals surface area contributed by atoms with Crippen LogP contribution in [0.3, 0.4) is 0 Å². The number of ether oxygens (including phenoxy) is 2. The standard InChI is InChI=1S/C22H20N2O4/c1-27-19-11-12-23-21(13-19)24-22(26)14-20(25)17-7-9-18(10-8-17)28-15-16-5-3-2-4-6-16/h2-13H,14-15H2,1H3,(H,23,24,26). The van der Waals surface area contributed by atoms with Gasteiger partial charge in [-0.15, -0.1) is 0 Å². The number of nitrogens with zero attached hydrogens (tertiary/aromatic N) is 1. The quantitative estimate of drug-likeness (QED) is 0.477. The molecule has 0 radical (unpaired) electrons. The number of nitrogens with one attached hydrogen (secondary N) is 1. The summed E-state index contributed by atoms with van der Waals surface area (Å²) in [5.41, 5.74) is 1.51. The van der Waals surface area contributed by atoms with Gasteiger partial charge in [0, 0.05) is 17.8 Å². The molecule has 3 aromatic rings. The fourth-order valence-corrected chi connectivity index (χ4v) is 2.52. The van der Waals surface area contributed by atoms with Crippen molar-refractivity contribution in [1.82, 2.24) is 4.98 Å². The molecule has 1 amide bonds. The van der Waals surface area contributed by atoms with E-state index in [4.69, 9.17) is 9.47 Å². The van der Waals surface area contributed by atoms with Crippen LogP contribution < -0.4 is 14.8 Å². The third-order valence-corrected chi connectivity index (χ3v) is 3.98. The molecule has 28 heavy (non-hydrogen) atoms. The fraction of sp³-hybridized carbons (Fsp3) is 0.136. The van der Waals surface area contributed by atoms with E-state index in [-0.39, 0.29) is 12.2 Å². The first kappa shape index (κ1) is 19.1. The van der Waals surface area contributed by atoms with Crippen molar-refractivity contribution in [1.29, 1.82) is 0 Å². The van der Waals surface area contributed by atoms with E-state index in [1.807, 2.05) is 30.3 Å². The minimum Gasteiger partial charge on any atom is -0.497 e. The third-order valence-electron chi connectivity index (χ3n) is 3.98. The molecule has 142 valence electrons. The van der Waals surface area contributed by atoms with Crippen molar-refractivity contribution < 1.29 is 19.1 Å². The van der Waals surface area contributed by atoms with E-state index >= 15 is 0 Å². The number of carbonyl (C=O) groups is 2. The lowest BCUT2D eigenvalue weighted by atomic mass is 10.1. The van der Waals surface area contributed by atoms with Crippen molar-refractivity contribution >= 4 is 17.5 Å². The van der Waals surface area contributed by atoms with Crippen LogP contribution >= 0.6 is 0 Å². The van der Waals surface area contributed by atoms with E-state index in [9.17, 15) is 9.59 Å². The molecule has 0 spiro atoms. The molecule has 0 aliphatic rings. The minimum absolute atomic E-state index is 0.275. The van der Waals surface area contributed by atoms with E-state index in [2.05, 4.69) is 10.3 Å². The van der Waals surface area contributed by atoms with Crippen molar-refractivity contribution in [2.45, 2.75) is 13.0 Å². The number of pyridine rings is 1. The van der Waals surface area contributed by atoms with E-state index in [0.29, 0.717) is 29.5 Å². The Bertz CT molecular complexity index is 940. The lowest BCUT2D eigenvalue weighted by Crippen LogP contribution is -2.17. The van der Waals surface area contributed by atoms with E-state index in [1.165, 1.54) is 13.3 Å². The summed E-state index contributed by atoms with van der Waals surface area (Å²) in [6, 6.07) is 19.8. The number of carbonyl (C=O) groups excluding carboxylic acids is 2. The molecule has 1 heterocycles. The van der Waals surface area contributed by atoms with Crippen LogP contribution in [0.15, 0.2) is 72.9 Å². The highest BCUT2D eigenvalue weighted by atomic mass is 16.5. The number of hydrogen-bond donors (Lipinski definition) is 1. The molecule has 6 heteroatoms. The Morgan fingerprint density at radius 1 is 0.964 bits per heavy atom. The molecular formula is C22H20N2O4. The van der Waals surface area contributed by atoms with E-state index < -0.39 is 5.91 Å². The maximum Gasteiger partial charge on any atom is 0.233 e. The summed E-state index contributed by atoms with van der Waals surface area (Å²) in [5, 5.41) is 2.59. The zero-order chi connectivity index (χ0) is 19.8. The van der Waals surface area contributed by atoms with Gasteiger partial charge in [0.1, 0.15) is 23.9 Å². The normalized spacial score (nSPS) is 10.2. The highest BCUT2D eigenvalue weighted by Gasteiger charge is 2.13. The Labute approximate surface area is 163 Å². The second-order valence-electron chi connectivity index (χ2n) is 6.03. The van der Waals surface area contributed by atoms with Gasteiger partial charge in [-0.05, 0) is 35.9 Å². The topological polar surface area (TPSA) is 77.5 Å². The van der Waals surface area contributed by atoms with Gasteiger partial charge in [0.2, 0.25) is 5.91 Å². The Kier molecular flexibility index (Phi) is 6.36. The molecule has 0 saturated heterocycles. The molecule has 2 aromatic carbocycles. The average molecular weight is 376 g/mol. The van der Waals surface area contributed by atoms with E-state index in [0.717, 1.165) is 5.56 Å². The zero-order valence-corrected chi connectivity index (χ0v) is 15.4. The van der Waals surface area contributed by atoms with Crippen molar-refractivity contribution in [2.24, 2.45) is 0 Å². The minimum atomic E-state index is -0.435. The van der Waals surface area contributed by atoms with Crippen LogP contribution in [-0.2, 0) is 11.4 Å². The number of aromatic nitrogens is 1. The maximum atomic E-state index is 12.3. The SMILES string of the molecule is COc1ccnc(NC(=O)CC(=O)c2ccc(OCc3ccccc3)cc2)c1. The van der Waals surface area contributed by atoms with Crippen LogP contribution in [0.2, 0.25) is 0 Å². The number of amides is 1. The van der Waals surface area contributed by atoms with Gasteiger partial charge in [0.25, 0.3) is 0 Å². The molecule has 0 aliphatic heterocycles. The zero-order valence-electron chi connectivity index (χ0n) is 15.4. The van der Waals surface area contributed by atoms with E-state index in [1.54, 1.807) is 36.4 Å². The van der Waals surface area contributed by atoms with Crippen LogP contribution in [-0.4, -0.2) is 23.8 Å². The highest BCUT2D eigenvalue weighted by molar-refractivity contribution is 6.10. The smallest absolute Gasteiger partial charge is 0.233 e. The number of methoxy groups -OCH3 is 1. The van der Waals surface area contributed by atoms with Crippen LogP contribution in [0, 0.1) is 0 Å². The average Bonchev–Trinajstić information content (AvgIpc) is 2.73. The Hall–Kier alpha value is -3.67. The molecule has 1 aromatic heterocycles. The number of Topliss-reactive ketones (excluding diaryl/α,β-unsaturated/α-hetero) is 1. The largest absolute Gasteiger partial charge is 0.497 e. The summed E-state index contributed by atoms with van der Waals surface area (Å²) in [5.74, 6) is 0.847. The van der Waals surface area contributed by atoms with Crippen LogP contribution in [0.4, 0.5) is 5.82 Å². The third kappa shape index (κ3) is 5.41. The number of hydrogen-bond acceptors (Lipinski definition) is 5. The first-order valence-corrected chi connectivity index (χ1v) is 8.74. The molecule has 0 saturated carbocycles. The molecule has 6 nitrogen and oxygen atoms in total. The molecule has 0 unspecified atom stereocenters. The molecule has 0 aliphatic carbocycles. The highest BCUT2D eigenvalue weighted by Crippen LogP contribution is 2.17. The van der Waals surface area contributed by atoms with Gasteiger partial charge in [-0.25, -0.2) is 4.98 Å². The summed E-state index contributed by atoms with van der Waals surface area (Å²) in [6.45, 7) is 0.448. The molecule has 0 bridgehead atoms. The van der Waals surface area contributed by atoms with Crippen LogP contribution in [0.5, 0.6) is 11.5 Å². The first-order valence-electron chi connectivity index (χ1n) is 8.74. The first-order chi connectivity index (χ1) is 13.6. The lowest BCUT2D eigenvalue weighted by molar-refractivity contribution is -0.115. The van der Waals surface area contributed by atoms with Gasteiger partial charge in [0.15, 0.2) is 5.78 Å². The van der Waals surface area contributed by atoms with Crippen molar-refractivity contribution in [2.75, 3.05) is 12.4 Å². The number of anilines is 1. The molecule has 0 fully saturated rings. The van der Waals surface area contributed by atoms with Crippen molar-refractivity contribution in [3.8, 4) is 11.5 Å². The Balaban J connectivity index is 1.53. The van der Waals surface area contributed by atoms with Crippen molar-refractivity contribution in [3.05, 3.63) is 84.1 Å². The lowest BCUT2D eigenvalue weighted by Gasteiger charge is -2.08. The number of rotatable bonds is 8. The van der Waals surface area contributed by atoms with Crippen molar-refractivity contribution in [3.63, 3.8) is 0 Å². The van der Waals surface area contributed by atoms with Crippen LogP contribution in [0.25, 0.3) is 0 Å². The van der Waals surface area contributed by atoms with Gasteiger partial charge >= 0.3 is 0 Å². The number of benzene rings is 2. The summed E-state index contributed by atoms with van der Waals surface area (Å²) in [4.78, 5) is 28.4. The van der Waals surface area contributed by atoms with Gasteiger partial charge in [0.05, 0.1) is 13.5 Å². The second kappa shape index (κ2) is 9.32. The maximum absolute atomic E-state index is 12.3. The molecule has 0 atom stereocenters. The second-order valence-corrected chi connectivity index (χ2v) is 6.03. The summed E-state index contributed by atoms with van der Waals surface area (Å²) in [6.07, 6.45) is 1.24. The van der Waals surface area contributed by atoms with Gasteiger partial charge in [-0.3, -0.25) is 9.59 Å². The predicted molar refractivity (Wildman–Crippen MR) is 106 cm³/mol. The molecule has 1 N–H and O–H groups in total. The van der Waals surface area contributed by atoms with Crippen LogP contribution in [0.1, 0.15) is 22.3 Å². The predicted octanol–water partition coefficient (Wildman–Crippen LogP) is 3.88. The Morgan fingerprint density at radius 2 is 1.71 bits per heavy atom. The monoisotopic (exact) mass is 376 g/mol. The molecule has 3 rings (SSSR count). The van der Waals surface area contributed by atoms with Gasteiger partial charge in [-0.1, -0.05) is 30.3 Å². The Morgan fingerprint density at radius 3 is 2.43 bits per heavy atom. The van der Waals surface area contributed by atoms with Gasteiger partial charge in [-0.2, -0.15) is 0 Å². The molecular weight excluding hydrogens is 356 g/mol. The summed E-state index contributed by atoms with van der Waals surface area (Å²) >= 11 is 0. The summed E-state index contributed by atoms with van der Waals surface area (Å²) < 4.78 is 10.8. The fourth-order valence-electron chi connectivity index (χ4n) is 2.52. The number of ketones is 1.